The van der Waals surface area contributed by atoms with E-state index < -0.39 is 18.3 Å². The van der Waals surface area contributed by atoms with Gasteiger partial charge in [0.25, 0.3) is 5.56 Å². The van der Waals surface area contributed by atoms with Crippen molar-refractivity contribution >= 4 is 17.0 Å². The molecule has 3 rings (SSSR count). The number of hydrogen-bond donors (Lipinski definition) is 3. The number of aromatic nitrogens is 3. The van der Waals surface area contributed by atoms with Crippen molar-refractivity contribution in [1.82, 2.24) is 14.5 Å². The van der Waals surface area contributed by atoms with E-state index in [1.165, 1.54) is 4.57 Å². The van der Waals surface area contributed by atoms with Gasteiger partial charge in [-0.1, -0.05) is 6.92 Å². The molecule has 0 aliphatic rings. The number of H-pyrrole nitrogens is 2. The van der Waals surface area contributed by atoms with Crippen LogP contribution in [0.2, 0.25) is 0 Å². The lowest BCUT2D eigenvalue weighted by Gasteiger charge is -2.04. The van der Waals surface area contributed by atoms with Gasteiger partial charge in [-0.3, -0.25) is 9.36 Å². The lowest BCUT2D eigenvalue weighted by molar-refractivity contribution is -0.139. The molecule has 0 unspecified atom stereocenters. The molecule has 2 aromatic heterocycles. The Morgan fingerprint density at radius 1 is 1.20 bits per heavy atom. The smallest absolute Gasteiger partial charge is 0.341 e. The van der Waals surface area contributed by atoms with E-state index >= 15 is 0 Å². The number of nitrogens with zero attached hydrogens (tertiary/aromatic N) is 1. The zero-order valence-corrected chi connectivity index (χ0v) is 13.5. The highest BCUT2D eigenvalue weighted by Gasteiger charge is 2.11. The predicted octanol–water partition coefficient (Wildman–Crippen LogP) is 1.56. The molecule has 0 saturated heterocycles. The fraction of sp³-hybridized carbons (Fsp3) is 0.235. The number of benzene rings is 1. The van der Waals surface area contributed by atoms with Crippen molar-refractivity contribution in [2.45, 2.75) is 19.9 Å². The second kappa shape index (κ2) is 6.68. The Morgan fingerprint density at radius 3 is 2.56 bits per heavy atom. The SMILES string of the molecule is CCCn1c(=O)[nH]c2cc(-c3ccc(OCC(=O)O)cc3)[nH]c2c1=O. The first-order chi connectivity index (χ1) is 12.0. The highest BCUT2D eigenvalue weighted by atomic mass is 16.5. The van der Waals surface area contributed by atoms with E-state index in [1.54, 1.807) is 30.3 Å². The van der Waals surface area contributed by atoms with Gasteiger partial charge >= 0.3 is 11.7 Å². The van der Waals surface area contributed by atoms with Gasteiger partial charge in [0.2, 0.25) is 0 Å². The van der Waals surface area contributed by atoms with Crippen molar-refractivity contribution in [3.8, 4) is 17.0 Å². The summed E-state index contributed by atoms with van der Waals surface area (Å²) in [5.41, 5.74) is 1.45. The normalized spacial score (nSPS) is 10.9. The molecule has 0 radical (unpaired) electrons. The van der Waals surface area contributed by atoms with Crippen molar-refractivity contribution in [2.75, 3.05) is 6.61 Å². The molecule has 0 amide bonds. The molecule has 0 spiro atoms. The molecule has 3 N–H and O–H groups in total. The second-order valence-electron chi connectivity index (χ2n) is 5.57. The minimum Gasteiger partial charge on any atom is -0.482 e. The van der Waals surface area contributed by atoms with Crippen LogP contribution in [0.25, 0.3) is 22.3 Å². The van der Waals surface area contributed by atoms with Crippen LogP contribution in [-0.4, -0.2) is 32.2 Å². The van der Waals surface area contributed by atoms with E-state index in [1.807, 2.05) is 6.92 Å². The number of carboxylic acid groups (broad SMARTS) is 1. The van der Waals surface area contributed by atoms with Crippen LogP contribution < -0.4 is 16.0 Å². The van der Waals surface area contributed by atoms with Crippen molar-refractivity contribution in [1.29, 1.82) is 0 Å². The van der Waals surface area contributed by atoms with Gasteiger partial charge in [0, 0.05) is 12.2 Å². The van der Waals surface area contributed by atoms with E-state index in [9.17, 15) is 14.4 Å². The number of fused-ring (bicyclic) bond motifs is 1. The van der Waals surface area contributed by atoms with Gasteiger partial charge in [-0.15, -0.1) is 0 Å². The number of rotatable bonds is 6. The summed E-state index contributed by atoms with van der Waals surface area (Å²) in [4.78, 5) is 40.7. The number of aromatic amines is 2. The zero-order chi connectivity index (χ0) is 18.0. The van der Waals surface area contributed by atoms with Crippen molar-refractivity contribution in [3.63, 3.8) is 0 Å². The minimum absolute atomic E-state index is 0.342. The molecule has 0 saturated carbocycles. The summed E-state index contributed by atoms with van der Waals surface area (Å²) < 4.78 is 6.26. The number of carbonyl (C=O) groups is 1. The fourth-order valence-corrected chi connectivity index (χ4v) is 2.59. The van der Waals surface area contributed by atoms with Crippen LogP contribution in [0.3, 0.4) is 0 Å². The van der Waals surface area contributed by atoms with Gasteiger partial charge in [-0.2, -0.15) is 0 Å². The molecular weight excluding hydrogens is 326 g/mol. The van der Waals surface area contributed by atoms with Gasteiger partial charge in [-0.05, 0) is 42.3 Å². The maximum Gasteiger partial charge on any atom is 0.341 e. The molecule has 25 heavy (non-hydrogen) atoms. The summed E-state index contributed by atoms with van der Waals surface area (Å²) in [5.74, 6) is -0.618. The number of hydrogen-bond acceptors (Lipinski definition) is 4. The van der Waals surface area contributed by atoms with Crippen LogP contribution in [0.1, 0.15) is 13.3 Å². The average molecular weight is 343 g/mol. The average Bonchev–Trinajstić information content (AvgIpc) is 3.01. The summed E-state index contributed by atoms with van der Waals surface area (Å²) in [6.45, 7) is 1.84. The van der Waals surface area contributed by atoms with Crippen molar-refractivity contribution in [2.24, 2.45) is 0 Å². The Morgan fingerprint density at radius 2 is 1.92 bits per heavy atom. The summed E-state index contributed by atoms with van der Waals surface area (Å²) in [7, 11) is 0. The molecule has 2 heterocycles. The number of ether oxygens (including phenoxy) is 1. The van der Waals surface area contributed by atoms with Gasteiger partial charge in [-0.25, -0.2) is 9.59 Å². The molecule has 0 aliphatic heterocycles. The first-order valence-corrected chi connectivity index (χ1v) is 7.80. The zero-order valence-electron chi connectivity index (χ0n) is 13.5. The molecule has 130 valence electrons. The Labute approximate surface area is 141 Å². The van der Waals surface area contributed by atoms with Gasteiger partial charge in [0.15, 0.2) is 6.61 Å². The third-order valence-corrected chi connectivity index (χ3v) is 3.74. The molecule has 0 aliphatic carbocycles. The number of nitrogens with one attached hydrogen (secondary N) is 2. The standard InChI is InChI=1S/C17H17N3O5/c1-2-7-20-16(23)15-13(19-17(20)24)8-12(18-15)10-3-5-11(6-4-10)25-9-14(21)22/h3-6,8,18H,2,7,9H2,1H3,(H,19,24)(H,21,22). The van der Waals surface area contributed by atoms with E-state index in [0.717, 1.165) is 5.56 Å². The molecule has 0 atom stereocenters. The summed E-state index contributed by atoms with van der Waals surface area (Å²) >= 11 is 0. The van der Waals surface area contributed by atoms with Crippen LogP contribution in [0, 0.1) is 0 Å². The third kappa shape index (κ3) is 3.32. The Bertz CT molecular complexity index is 1030. The van der Waals surface area contributed by atoms with Crippen LogP contribution in [0.5, 0.6) is 5.75 Å². The molecule has 8 heteroatoms. The second-order valence-corrected chi connectivity index (χ2v) is 5.57. The molecule has 8 nitrogen and oxygen atoms in total. The van der Waals surface area contributed by atoms with E-state index in [4.69, 9.17) is 9.84 Å². The first-order valence-electron chi connectivity index (χ1n) is 7.80. The Balaban J connectivity index is 1.96. The van der Waals surface area contributed by atoms with E-state index in [-0.39, 0.29) is 5.56 Å². The third-order valence-electron chi connectivity index (χ3n) is 3.74. The van der Waals surface area contributed by atoms with Gasteiger partial charge < -0.3 is 19.8 Å². The molecule has 0 bridgehead atoms. The highest BCUT2D eigenvalue weighted by Crippen LogP contribution is 2.23. The van der Waals surface area contributed by atoms with E-state index in [0.29, 0.717) is 35.4 Å². The maximum atomic E-state index is 12.4. The van der Waals surface area contributed by atoms with Crippen LogP contribution in [0.15, 0.2) is 39.9 Å². The lowest BCUT2D eigenvalue weighted by Crippen LogP contribution is -2.34. The molecule has 0 fully saturated rings. The predicted molar refractivity (Wildman–Crippen MR) is 92.0 cm³/mol. The quantitative estimate of drug-likeness (QED) is 0.628. The first kappa shape index (κ1) is 16.6. The fourth-order valence-electron chi connectivity index (χ4n) is 2.59. The Hall–Kier alpha value is -3.29. The van der Waals surface area contributed by atoms with Crippen LogP contribution >= 0.6 is 0 Å². The summed E-state index contributed by atoms with van der Waals surface area (Å²) in [6, 6.07) is 8.46. The topological polar surface area (TPSA) is 117 Å². The molecular formula is C17H17N3O5. The molecule has 3 aromatic rings. The monoisotopic (exact) mass is 343 g/mol. The summed E-state index contributed by atoms with van der Waals surface area (Å²) in [5, 5.41) is 8.61. The van der Waals surface area contributed by atoms with Crippen molar-refractivity contribution < 1.29 is 14.6 Å². The minimum atomic E-state index is -1.05. The number of aliphatic carboxylic acids is 1. The van der Waals surface area contributed by atoms with E-state index in [2.05, 4.69) is 9.97 Å². The molecule has 1 aromatic carbocycles. The maximum absolute atomic E-state index is 12.4. The Kier molecular flexibility index (Phi) is 4.42. The lowest BCUT2D eigenvalue weighted by atomic mass is 10.1. The highest BCUT2D eigenvalue weighted by molar-refractivity contribution is 5.81. The van der Waals surface area contributed by atoms with Crippen LogP contribution in [0.4, 0.5) is 0 Å². The van der Waals surface area contributed by atoms with Gasteiger partial charge in [0.05, 0.1) is 5.52 Å². The number of carboxylic acids is 1. The largest absolute Gasteiger partial charge is 0.482 e. The summed E-state index contributed by atoms with van der Waals surface area (Å²) in [6.07, 6.45) is 0.680. The van der Waals surface area contributed by atoms with Crippen LogP contribution in [-0.2, 0) is 11.3 Å². The van der Waals surface area contributed by atoms with Crippen molar-refractivity contribution in [3.05, 3.63) is 51.2 Å². The van der Waals surface area contributed by atoms with Gasteiger partial charge in [0.1, 0.15) is 11.3 Å².